The zero-order valence-corrected chi connectivity index (χ0v) is 59.8. The number of amides is 11. The summed E-state index contributed by atoms with van der Waals surface area (Å²) in [7, 11) is -7.61. The molecule has 105 heavy (non-hydrogen) atoms. The molecule has 0 aliphatic carbocycles. The second-order valence-corrected chi connectivity index (χ2v) is 28.2. The van der Waals surface area contributed by atoms with Gasteiger partial charge in [-0.1, -0.05) is 39.0 Å². The van der Waals surface area contributed by atoms with Gasteiger partial charge in [-0.25, -0.2) is 50.6 Å². The molecule has 5 aromatic carbocycles. The first-order valence-electron chi connectivity index (χ1n) is 33.5. The smallest absolute Gasteiger partial charge is 0.319 e. The standard InChI is InChI=1S/C69H87F2N15O17S2/c1-5-23-74-67(93)80-49-12-9-14-53(39-49)105(97,98)85-50-13-8-11-45(36-50)57(40-60(88)89)82-69(95)79-48-19-17-47(18-20-48)78-68(94)75-25-29-100-31-33-101-32-30-99-28-22-59(87)83-61(43(2)3)64(91)81-56(15-10-24-73-65(72)92)63(90)86-104(4,96)42-44-34-51-38-52(35-44)102-26-6-7-27-103-58-37-46(70)16-21-54(58)62-55(71)41-76-66(77-51)84-62/h8-9,11-14,16-21,34-39,41,43,56-57,61,85H,5-7,10,15,22-33,40,42H2,1-4H3,(H,81,91)(H,83,87)(H,88,89)(H3,72,73,92)(H2,74,80,93)(H2,75,78,94)(H,76,77,84)(H2,79,82,95)/t56-,57+,61-,104?/m0/s1. The number of anilines is 6. The molecule has 14 N–H and O–H groups in total. The van der Waals surface area contributed by atoms with Gasteiger partial charge in [0.05, 0.1) is 91.9 Å². The lowest BCUT2D eigenvalue weighted by atomic mass is 10.0. The molecule has 0 saturated heterocycles. The number of ether oxygens (including phenoxy) is 5. The molecule has 1 aromatic heterocycles. The number of fused-ring (bicyclic) bond motifs is 6. The zero-order chi connectivity index (χ0) is 75.9. The molecule has 2 heterocycles. The lowest BCUT2D eigenvalue weighted by Crippen LogP contribution is -2.53. The summed E-state index contributed by atoms with van der Waals surface area (Å²) in [6, 6.07) is 19.8. The van der Waals surface area contributed by atoms with Crippen LogP contribution in [-0.4, -0.2) is 166 Å². The highest BCUT2D eigenvalue weighted by Gasteiger charge is 2.30. The number of urea groups is 4. The number of sulfonamides is 1. The maximum absolute atomic E-state index is 15.2. The SMILES string of the molecule is CCCNC(=O)Nc1cccc(S(=O)(=O)Nc2cccc([C@@H](CC(=O)O)NC(=O)Nc3ccc(NC(=O)NCCOCCOCCOCCC(=O)N[C@H](C(=O)N[C@@H](CCCNC(N)=O)C(=O)N=S(C)(=O)Cc4cc5cc(c4)OCCCCOc4cc(F)ccc4-c4nc(ncc4F)N5)C(C)C)cc3)c2)c1. The van der Waals surface area contributed by atoms with E-state index >= 15 is 4.39 Å². The Hall–Kier alpha value is -10.8. The topological polar surface area (TPSA) is 451 Å². The van der Waals surface area contributed by atoms with E-state index in [-0.39, 0.29) is 136 Å². The van der Waals surface area contributed by atoms with Crippen molar-refractivity contribution < 1.29 is 88.6 Å². The van der Waals surface area contributed by atoms with Crippen molar-refractivity contribution in [1.82, 2.24) is 41.9 Å². The largest absolute Gasteiger partial charge is 0.494 e. The highest BCUT2D eigenvalue weighted by molar-refractivity contribution is 7.93. The van der Waals surface area contributed by atoms with Crippen LogP contribution in [0.1, 0.15) is 82.9 Å². The molecule has 0 saturated carbocycles. The van der Waals surface area contributed by atoms with Gasteiger partial charge in [0.1, 0.15) is 35.1 Å². The Labute approximate surface area is 605 Å². The van der Waals surface area contributed by atoms with Crippen LogP contribution in [0.25, 0.3) is 11.3 Å². The lowest BCUT2D eigenvalue weighted by Gasteiger charge is -2.24. The molecule has 1 aliphatic rings. The van der Waals surface area contributed by atoms with E-state index in [0.717, 1.165) is 18.3 Å². The number of carbonyl (C=O) groups is 8. The Morgan fingerprint density at radius 3 is 2.06 bits per heavy atom. The minimum absolute atomic E-state index is 0.0304. The molecule has 0 fully saturated rings. The molecule has 1 aliphatic heterocycles. The molecular weight excluding hydrogens is 1410 g/mol. The molecule has 1 unspecified atom stereocenters. The van der Waals surface area contributed by atoms with Crippen LogP contribution >= 0.6 is 0 Å². The number of aromatic nitrogens is 2. The van der Waals surface area contributed by atoms with Crippen LogP contribution in [-0.2, 0) is 58.9 Å². The zero-order valence-electron chi connectivity index (χ0n) is 58.2. The van der Waals surface area contributed by atoms with Gasteiger partial charge in [-0.15, -0.1) is 0 Å². The van der Waals surface area contributed by atoms with E-state index in [2.05, 4.69) is 72.2 Å². The molecule has 566 valence electrons. The minimum Gasteiger partial charge on any atom is -0.494 e. The summed E-state index contributed by atoms with van der Waals surface area (Å²) in [5.41, 5.74) is 7.33. The first kappa shape index (κ1) is 81.5. The quantitative estimate of drug-likeness (QED) is 0.0168. The average molecular weight is 1500 g/mol. The predicted octanol–water partition coefficient (Wildman–Crippen LogP) is 7.85. The Balaban J connectivity index is 0.793. The number of carbonyl (C=O) groups excluding carboxylic acids is 7. The van der Waals surface area contributed by atoms with Gasteiger partial charge in [-0.05, 0) is 128 Å². The molecule has 4 bridgehead atoms. The van der Waals surface area contributed by atoms with Crippen LogP contribution in [0.15, 0.2) is 125 Å². The summed E-state index contributed by atoms with van der Waals surface area (Å²) >= 11 is 0. The van der Waals surface area contributed by atoms with E-state index in [9.17, 15) is 60.5 Å². The first-order chi connectivity index (χ1) is 50.2. The van der Waals surface area contributed by atoms with Gasteiger partial charge < -0.3 is 87.7 Å². The van der Waals surface area contributed by atoms with E-state index in [0.29, 0.717) is 54.2 Å². The van der Waals surface area contributed by atoms with E-state index in [1.807, 2.05) is 6.92 Å². The molecule has 36 heteroatoms. The molecule has 32 nitrogen and oxygen atoms in total. The fourth-order valence-electron chi connectivity index (χ4n) is 10.1. The third-order valence-electron chi connectivity index (χ3n) is 15.1. The van der Waals surface area contributed by atoms with E-state index < -0.39 is 110 Å². The summed E-state index contributed by atoms with van der Waals surface area (Å²) in [6.45, 7) is 6.98. The fourth-order valence-corrected chi connectivity index (χ4v) is 12.6. The van der Waals surface area contributed by atoms with Crippen LogP contribution in [0.2, 0.25) is 0 Å². The average Bonchev–Trinajstić information content (AvgIpc) is 1.20. The van der Waals surface area contributed by atoms with Gasteiger partial charge in [0, 0.05) is 78.4 Å². The molecular formula is C69H87F2N15O17S2. The van der Waals surface area contributed by atoms with Gasteiger partial charge in [0.25, 0.3) is 15.9 Å². The van der Waals surface area contributed by atoms with Crippen LogP contribution in [0.5, 0.6) is 11.5 Å². The number of nitrogens with two attached hydrogens (primary N) is 1. The number of halogens is 2. The van der Waals surface area contributed by atoms with Gasteiger partial charge in [0.2, 0.25) is 17.8 Å². The van der Waals surface area contributed by atoms with Crippen molar-refractivity contribution in [2.24, 2.45) is 16.0 Å². The number of hydrogen-bond donors (Lipinski definition) is 13. The number of carboxylic acids is 1. The Kier molecular flexibility index (Phi) is 31.7. The third-order valence-corrected chi connectivity index (χ3v) is 17.9. The van der Waals surface area contributed by atoms with E-state index in [4.69, 9.17) is 29.4 Å². The van der Waals surface area contributed by atoms with Crippen LogP contribution in [0.3, 0.4) is 0 Å². The molecule has 4 atom stereocenters. The van der Waals surface area contributed by atoms with Crippen LogP contribution < -0.4 is 73.1 Å². The van der Waals surface area contributed by atoms with Crippen molar-refractivity contribution in [2.45, 2.75) is 94.5 Å². The molecule has 0 spiro atoms. The number of rotatable bonds is 35. The normalized spacial score (nSPS) is 13.4. The number of primary amides is 1. The lowest BCUT2D eigenvalue weighted by molar-refractivity contribution is -0.137. The van der Waals surface area contributed by atoms with Crippen molar-refractivity contribution in [3.63, 3.8) is 0 Å². The van der Waals surface area contributed by atoms with Crippen molar-refractivity contribution in [2.75, 3.05) is 105 Å². The summed E-state index contributed by atoms with van der Waals surface area (Å²) in [5.74, 6) is -5.16. The highest BCUT2D eigenvalue weighted by atomic mass is 32.2. The summed E-state index contributed by atoms with van der Waals surface area (Å²) < 4.78 is 106. The number of hydrogen-bond acceptors (Lipinski definition) is 19. The molecule has 0 radical (unpaired) electrons. The number of benzene rings is 5. The molecule has 11 amide bonds. The van der Waals surface area contributed by atoms with Crippen LogP contribution in [0.4, 0.5) is 62.3 Å². The predicted molar refractivity (Wildman–Crippen MR) is 387 cm³/mol. The van der Waals surface area contributed by atoms with Gasteiger partial charge in [0.15, 0.2) is 5.82 Å². The number of aliphatic carboxylic acids is 1. The third kappa shape index (κ3) is 28.4. The Bertz CT molecular complexity index is 4250. The van der Waals surface area contributed by atoms with Crippen molar-refractivity contribution in [3.05, 3.63) is 138 Å². The summed E-state index contributed by atoms with van der Waals surface area (Å²) in [5, 5.41) is 36.2. The maximum atomic E-state index is 15.2. The Morgan fingerprint density at radius 1 is 0.705 bits per heavy atom. The van der Waals surface area contributed by atoms with Crippen molar-refractivity contribution in [3.8, 4) is 22.8 Å². The summed E-state index contributed by atoms with van der Waals surface area (Å²) in [6.07, 6.45) is 3.31. The van der Waals surface area contributed by atoms with E-state index in [1.165, 1.54) is 85.1 Å². The fraction of sp³-hybridized carbons (Fsp3) is 0.391. The van der Waals surface area contributed by atoms with E-state index in [1.54, 1.807) is 32.0 Å². The van der Waals surface area contributed by atoms with Gasteiger partial charge in [-0.3, -0.25) is 23.9 Å². The number of nitrogens with zero attached hydrogens (tertiary/aromatic N) is 3. The molecule has 6 aromatic rings. The molecule has 7 rings (SSSR count). The second kappa shape index (κ2) is 40.9. The second-order valence-electron chi connectivity index (χ2n) is 24.2. The Morgan fingerprint density at radius 2 is 1.36 bits per heavy atom. The van der Waals surface area contributed by atoms with Crippen molar-refractivity contribution >= 4 is 102 Å². The maximum Gasteiger partial charge on any atom is 0.319 e. The monoisotopic (exact) mass is 1500 g/mol. The van der Waals surface area contributed by atoms with Crippen molar-refractivity contribution in [1.29, 1.82) is 0 Å². The highest BCUT2D eigenvalue weighted by Crippen LogP contribution is 2.34. The number of nitrogens with one attached hydrogen (secondary N) is 11. The minimum atomic E-state index is -4.19. The van der Waals surface area contributed by atoms with Gasteiger partial charge in [-0.2, -0.15) is 4.36 Å². The van der Waals surface area contributed by atoms with Gasteiger partial charge >= 0.3 is 30.1 Å². The number of carboxylic acid groups (broad SMARTS) is 1. The summed E-state index contributed by atoms with van der Waals surface area (Å²) in [4.78, 5) is 111. The van der Waals surface area contributed by atoms with Crippen LogP contribution in [0, 0.1) is 17.6 Å². The first-order valence-corrected chi connectivity index (χ1v) is 37.1.